The maximum Gasteiger partial charge on any atom is 0.509 e. The molecule has 0 atom stereocenters. The summed E-state index contributed by atoms with van der Waals surface area (Å²) in [6.45, 7) is 4.24. The average Bonchev–Trinajstić information content (AvgIpc) is 2.44. The first kappa shape index (κ1) is 13.4. The van der Waals surface area contributed by atoms with Gasteiger partial charge in [0, 0.05) is 17.8 Å². The summed E-state index contributed by atoms with van der Waals surface area (Å²) in [4.78, 5) is 0. The molecular weight excluding hydrogens is 267 g/mol. The lowest BCUT2D eigenvalue weighted by Crippen LogP contribution is -2.26. The van der Waals surface area contributed by atoms with Gasteiger partial charge in [-0.25, -0.2) is 4.39 Å². The van der Waals surface area contributed by atoms with Crippen LogP contribution in [0.3, 0.4) is 0 Å². The Morgan fingerprint density at radius 1 is 1.10 bits per heavy atom. The number of nitrogens with zero attached hydrogens (tertiary/aromatic N) is 1. The van der Waals surface area contributed by atoms with Gasteiger partial charge in [0.15, 0.2) is 0 Å². The molecule has 0 fully saturated rings. The number of halogens is 1. The number of ether oxygens (including phenoxy) is 1. The van der Waals surface area contributed by atoms with Gasteiger partial charge in [-0.1, -0.05) is 23.8 Å². The molecule has 21 heavy (non-hydrogen) atoms. The molecule has 0 unspecified atom stereocenters. The highest BCUT2D eigenvalue weighted by Gasteiger charge is 2.29. The molecule has 3 rings (SSSR count). The summed E-state index contributed by atoms with van der Waals surface area (Å²) in [6, 6.07) is 13.0. The molecule has 0 aromatic heterocycles. The topological polar surface area (TPSA) is 35.4 Å². The first-order valence-corrected chi connectivity index (χ1v) is 6.81. The summed E-state index contributed by atoms with van der Waals surface area (Å²) in [5, 5.41) is 3.21. The molecule has 1 aliphatic rings. The minimum Gasteiger partial charge on any atom is -0.381 e. The average molecular weight is 283 g/mol. The van der Waals surface area contributed by atoms with E-state index in [1.807, 2.05) is 37.3 Å². The van der Waals surface area contributed by atoms with Crippen LogP contribution in [0.4, 0.5) is 10.1 Å². The molecular formula is C17H16FN2O+. The van der Waals surface area contributed by atoms with Crippen LogP contribution >= 0.6 is 0 Å². The summed E-state index contributed by atoms with van der Waals surface area (Å²) in [7, 11) is 0. The molecule has 2 aromatic carbocycles. The summed E-state index contributed by atoms with van der Waals surface area (Å²) in [5.74, 6) is 0.822. The molecule has 0 saturated carbocycles. The van der Waals surface area contributed by atoms with E-state index in [4.69, 9.17) is 4.74 Å². The number of rotatable bonds is 4. The standard InChI is InChI=1S/C17H16FN2O/c1-11-3-7-15(8-4-11)19-10-14-6-5-13(9-16(14)18)17-20-12(2)21-17/h3-9,19H,10H2,1-2H3/q+1. The van der Waals surface area contributed by atoms with Crippen molar-refractivity contribution in [1.29, 1.82) is 0 Å². The molecule has 4 heteroatoms. The Morgan fingerprint density at radius 2 is 1.81 bits per heavy atom. The van der Waals surface area contributed by atoms with Crippen LogP contribution in [0.1, 0.15) is 23.6 Å². The van der Waals surface area contributed by atoms with Crippen molar-refractivity contribution in [1.82, 2.24) is 4.67 Å². The van der Waals surface area contributed by atoms with E-state index in [1.165, 1.54) is 11.6 Å². The Labute approximate surface area is 122 Å². The van der Waals surface area contributed by atoms with Crippen molar-refractivity contribution in [3.05, 3.63) is 65.0 Å². The summed E-state index contributed by atoms with van der Waals surface area (Å²) in [6.07, 6.45) is 0. The SMILES string of the molecule is CC1=[N+]=C(c2ccc(CNc3ccc(C)cc3)c(F)c2)O1. The second-order valence-electron chi connectivity index (χ2n) is 5.06. The van der Waals surface area contributed by atoms with E-state index in [2.05, 4.69) is 9.98 Å². The summed E-state index contributed by atoms with van der Waals surface area (Å²) in [5.41, 5.74) is 3.45. The van der Waals surface area contributed by atoms with E-state index < -0.39 is 0 Å². The van der Waals surface area contributed by atoms with Gasteiger partial charge in [-0.05, 0) is 35.9 Å². The highest BCUT2D eigenvalue weighted by molar-refractivity contribution is 6.07. The van der Waals surface area contributed by atoms with Crippen molar-refractivity contribution in [2.45, 2.75) is 20.4 Å². The summed E-state index contributed by atoms with van der Waals surface area (Å²) < 4.78 is 23.4. The van der Waals surface area contributed by atoms with Crippen molar-refractivity contribution in [3.8, 4) is 0 Å². The molecule has 0 bridgehead atoms. The number of hydrogen-bond acceptors (Lipinski definition) is 2. The van der Waals surface area contributed by atoms with Crippen LogP contribution in [-0.4, -0.2) is 11.8 Å². The van der Waals surface area contributed by atoms with E-state index in [0.29, 0.717) is 29.5 Å². The maximum atomic E-state index is 14.1. The minimum atomic E-state index is -0.261. The third-order valence-corrected chi connectivity index (χ3v) is 3.34. The van der Waals surface area contributed by atoms with Gasteiger partial charge in [-0.15, -0.1) is 0 Å². The van der Waals surface area contributed by atoms with E-state index >= 15 is 0 Å². The van der Waals surface area contributed by atoms with Crippen LogP contribution in [0.15, 0.2) is 42.5 Å². The zero-order valence-electron chi connectivity index (χ0n) is 12.0. The lowest BCUT2D eigenvalue weighted by atomic mass is 10.1. The Hall–Kier alpha value is -2.58. The molecule has 1 N–H and O–H groups in total. The van der Waals surface area contributed by atoms with Gasteiger partial charge in [-0.2, -0.15) is 0 Å². The van der Waals surface area contributed by atoms with Crippen LogP contribution in [0.5, 0.6) is 0 Å². The third-order valence-electron chi connectivity index (χ3n) is 3.34. The number of aryl methyl sites for hydroxylation is 1. The molecule has 0 spiro atoms. The second kappa shape index (κ2) is 5.43. The molecule has 0 radical (unpaired) electrons. The Morgan fingerprint density at radius 3 is 2.43 bits per heavy atom. The molecule has 1 aliphatic heterocycles. The fraction of sp³-hybridized carbons (Fsp3) is 0.176. The van der Waals surface area contributed by atoms with Crippen molar-refractivity contribution >= 4 is 17.5 Å². The molecule has 106 valence electrons. The van der Waals surface area contributed by atoms with Gasteiger partial charge >= 0.3 is 11.8 Å². The monoisotopic (exact) mass is 283 g/mol. The third kappa shape index (κ3) is 2.96. The molecule has 0 aliphatic carbocycles. The highest BCUT2D eigenvalue weighted by Crippen LogP contribution is 2.15. The first-order chi connectivity index (χ1) is 10.1. The highest BCUT2D eigenvalue weighted by atomic mass is 19.1. The predicted octanol–water partition coefficient (Wildman–Crippen LogP) is 3.01. The molecule has 3 nitrogen and oxygen atoms in total. The maximum absolute atomic E-state index is 14.1. The van der Waals surface area contributed by atoms with Gasteiger partial charge in [0.2, 0.25) is 0 Å². The lowest BCUT2D eigenvalue weighted by molar-refractivity contribution is 0.503. The van der Waals surface area contributed by atoms with Gasteiger partial charge in [0.1, 0.15) is 11.4 Å². The van der Waals surface area contributed by atoms with Crippen molar-refractivity contribution in [2.75, 3.05) is 5.32 Å². The van der Waals surface area contributed by atoms with Crippen LogP contribution in [0.2, 0.25) is 0 Å². The zero-order valence-corrected chi connectivity index (χ0v) is 12.0. The fourth-order valence-corrected chi connectivity index (χ4v) is 2.11. The van der Waals surface area contributed by atoms with Gasteiger partial charge in [-0.3, -0.25) is 0 Å². The van der Waals surface area contributed by atoms with E-state index in [9.17, 15) is 4.39 Å². The molecule has 1 heterocycles. The first-order valence-electron chi connectivity index (χ1n) is 6.81. The van der Waals surface area contributed by atoms with Gasteiger partial charge < -0.3 is 10.1 Å². The van der Waals surface area contributed by atoms with Crippen LogP contribution in [-0.2, 0) is 11.3 Å². The van der Waals surface area contributed by atoms with Crippen molar-refractivity contribution in [3.63, 3.8) is 0 Å². The van der Waals surface area contributed by atoms with Gasteiger partial charge in [0.05, 0.1) is 6.92 Å². The zero-order chi connectivity index (χ0) is 14.8. The van der Waals surface area contributed by atoms with Crippen LogP contribution < -0.4 is 9.98 Å². The number of benzene rings is 2. The number of nitrogens with one attached hydrogen (secondary N) is 1. The van der Waals surface area contributed by atoms with Gasteiger partial charge in [0.25, 0.3) is 0 Å². The number of hydrogen-bond donors (Lipinski definition) is 1. The van der Waals surface area contributed by atoms with Crippen LogP contribution in [0, 0.1) is 12.7 Å². The molecule has 0 saturated heterocycles. The Balaban J connectivity index is 1.71. The molecule has 2 aromatic rings. The van der Waals surface area contributed by atoms with E-state index in [-0.39, 0.29) is 5.82 Å². The summed E-state index contributed by atoms with van der Waals surface area (Å²) >= 11 is 0. The normalized spacial score (nSPS) is 12.9. The van der Waals surface area contributed by atoms with Crippen molar-refractivity contribution in [2.24, 2.45) is 0 Å². The quantitative estimate of drug-likeness (QED) is 0.875. The van der Waals surface area contributed by atoms with Crippen molar-refractivity contribution < 1.29 is 9.13 Å². The fourth-order valence-electron chi connectivity index (χ4n) is 2.11. The Bertz CT molecular complexity index is 744. The molecule has 0 amide bonds. The second-order valence-corrected chi connectivity index (χ2v) is 5.06. The number of anilines is 1. The predicted molar refractivity (Wildman–Crippen MR) is 82.9 cm³/mol. The minimum absolute atomic E-state index is 0.261. The smallest absolute Gasteiger partial charge is 0.381 e. The van der Waals surface area contributed by atoms with E-state index in [0.717, 1.165) is 5.69 Å². The van der Waals surface area contributed by atoms with Crippen LogP contribution in [0.25, 0.3) is 0 Å². The lowest BCUT2D eigenvalue weighted by Gasteiger charge is -2.08. The largest absolute Gasteiger partial charge is 0.509 e. The Kier molecular flexibility index (Phi) is 3.46. The van der Waals surface area contributed by atoms with E-state index in [1.54, 1.807) is 13.0 Å².